The molecule has 4 rings (SSSR count). The molecule has 2 aliphatic heterocycles. The number of benzene rings is 2. The second-order valence-electron chi connectivity index (χ2n) is 8.86. The van der Waals surface area contributed by atoms with Crippen LogP contribution in [-0.2, 0) is 16.0 Å². The van der Waals surface area contributed by atoms with E-state index in [4.69, 9.17) is 30.5 Å². The number of hydrogen-bond donors (Lipinski definition) is 0. The van der Waals surface area contributed by atoms with Crippen LogP contribution in [0.25, 0.3) is 0 Å². The molecule has 2 fully saturated rings. The zero-order chi connectivity index (χ0) is 22.9. The van der Waals surface area contributed by atoms with Crippen molar-refractivity contribution < 1.29 is 18.9 Å². The number of methoxy groups -OCH3 is 1. The quantitative estimate of drug-likeness (QED) is 0.516. The van der Waals surface area contributed by atoms with E-state index >= 15 is 0 Å². The maximum atomic E-state index is 6.07. The van der Waals surface area contributed by atoms with Crippen LogP contribution < -0.4 is 9.47 Å². The molecule has 2 saturated heterocycles. The van der Waals surface area contributed by atoms with Crippen LogP contribution in [0.1, 0.15) is 18.4 Å². The number of morpholine rings is 1. The van der Waals surface area contributed by atoms with Crippen LogP contribution in [0.4, 0.5) is 0 Å². The van der Waals surface area contributed by atoms with Crippen molar-refractivity contribution in [3.8, 4) is 11.5 Å². The first-order chi connectivity index (χ1) is 16.1. The van der Waals surface area contributed by atoms with Crippen LogP contribution >= 0.6 is 11.6 Å². The first-order valence-corrected chi connectivity index (χ1v) is 12.2. The molecule has 0 atom stereocenters. The van der Waals surface area contributed by atoms with Crippen LogP contribution in [-0.4, -0.2) is 81.7 Å². The lowest BCUT2D eigenvalue weighted by molar-refractivity contribution is -0.0839. The third kappa shape index (κ3) is 7.33. The van der Waals surface area contributed by atoms with Gasteiger partial charge >= 0.3 is 0 Å². The Kier molecular flexibility index (Phi) is 8.87. The Morgan fingerprint density at radius 1 is 0.909 bits per heavy atom. The number of ether oxygens (including phenoxy) is 4. The molecule has 180 valence electrons. The molecular formula is C26H35ClN2O4. The van der Waals surface area contributed by atoms with Gasteiger partial charge in [-0.3, -0.25) is 9.80 Å². The Labute approximate surface area is 202 Å². The fraction of sp³-hybridized carbons (Fsp3) is 0.538. The van der Waals surface area contributed by atoms with Gasteiger partial charge < -0.3 is 18.9 Å². The lowest BCUT2D eigenvalue weighted by Crippen LogP contribution is -2.48. The van der Waals surface area contributed by atoms with Crippen molar-refractivity contribution in [2.45, 2.75) is 25.0 Å². The molecular weight excluding hydrogens is 440 g/mol. The minimum atomic E-state index is -0.261. The van der Waals surface area contributed by atoms with Crippen molar-refractivity contribution in [1.82, 2.24) is 9.80 Å². The topological polar surface area (TPSA) is 43.4 Å². The van der Waals surface area contributed by atoms with Crippen molar-refractivity contribution in [3.05, 3.63) is 59.1 Å². The van der Waals surface area contributed by atoms with Crippen molar-refractivity contribution in [3.63, 3.8) is 0 Å². The molecule has 0 saturated carbocycles. The Balaban J connectivity index is 1.22. The molecule has 2 aliphatic rings. The second kappa shape index (κ2) is 12.0. The van der Waals surface area contributed by atoms with Crippen LogP contribution in [0, 0.1) is 0 Å². The Morgan fingerprint density at radius 2 is 1.64 bits per heavy atom. The fourth-order valence-electron chi connectivity index (χ4n) is 4.41. The predicted octanol–water partition coefficient (Wildman–Crippen LogP) is 4.11. The largest absolute Gasteiger partial charge is 0.492 e. The van der Waals surface area contributed by atoms with E-state index < -0.39 is 0 Å². The molecule has 0 aromatic heterocycles. The first kappa shape index (κ1) is 24.3. The van der Waals surface area contributed by atoms with Gasteiger partial charge in [-0.25, -0.2) is 0 Å². The van der Waals surface area contributed by atoms with E-state index in [1.54, 1.807) is 7.11 Å². The van der Waals surface area contributed by atoms with Gasteiger partial charge in [0.25, 0.3) is 0 Å². The lowest BCUT2D eigenvalue weighted by atomic mass is 9.91. The first-order valence-electron chi connectivity index (χ1n) is 11.8. The van der Waals surface area contributed by atoms with Crippen LogP contribution in [0.2, 0.25) is 5.02 Å². The molecule has 7 heteroatoms. The van der Waals surface area contributed by atoms with E-state index in [1.807, 2.05) is 30.3 Å². The third-order valence-corrected chi connectivity index (χ3v) is 6.82. The highest BCUT2D eigenvalue weighted by atomic mass is 35.5. The number of nitrogens with zero attached hydrogens (tertiary/aromatic N) is 2. The van der Waals surface area contributed by atoms with E-state index in [2.05, 4.69) is 28.0 Å². The van der Waals surface area contributed by atoms with Gasteiger partial charge in [0.05, 0.1) is 13.2 Å². The maximum absolute atomic E-state index is 6.07. The summed E-state index contributed by atoms with van der Waals surface area (Å²) < 4.78 is 23.4. The predicted molar refractivity (Wildman–Crippen MR) is 130 cm³/mol. The summed E-state index contributed by atoms with van der Waals surface area (Å²) in [4.78, 5) is 4.86. The van der Waals surface area contributed by atoms with Gasteiger partial charge in [-0.15, -0.1) is 0 Å². The second-order valence-corrected chi connectivity index (χ2v) is 9.30. The monoisotopic (exact) mass is 474 g/mol. The highest BCUT2D eigenvalue weighted by Crippen LogP contribution is 2.29. The number of likely N-dealkylation sites (tertiary alicyclic amines) is 1. The van der Waals surface area contributed by atoms with Gasteiger partial charge in [0.2, 0.25) is 0 Å². The van der Waals surface area contributed by atoms with E-state index in [0.29, 0.717) is 18.2 Å². The summed E-state index contributed by atoms with van der Waals surface area (Å²) in [5, 5.41) is 0.682. The summed E-state index contributed by atoms with van der Waals surface area (Å²) in [7, 11) is 1.79. The van der Waals surface area contributed by atoms with Gasteiger partial charge in [-0.05, 0) is 48.7 Å². The number of hydrogen-bond acceptors (Lipinski definition) is 6. The van der Waals surface area contributed by atoms with Crippen molar-refractivity contribution in [1.29, 1.82) is 0 Å². The zero-order valence-electron chi connectivity index (χ0n) is 19.5. The average molecular weight is 475 g/mol. The SMILES string of the molecule is COC1(COc2cccc(Cl)c2)CCN(Cc2cccc(OCCN3CCOCC3)c2)CC1. The maximum Gasteiger partial charge on any atom is 0.120 e. The Hall–Kier alpha value is -1.83. The lowest BCUT2D eigenvalue weighted by Gasteiger charge is -2.40. The number of rotatable bonds is 10. The summed E-state index contributed by atoms with van der Waals surface area (Å²) in [5.74, 6) is 1.73. The van der Waals surface area contributed by atoms with Crippen molar-refractivity contribution in [2.24, 2.45) is 0 Å². The molecule has 33 heavy (non-hydrogen) atoms. The zero-order valence-corrected chi connectivity index (χ0v) is 20.3. The molecule has 0 bridgehead atoms. The summed E-state index contributed by atoms with van der Waals surface area (Å²) in [6.07, 6.45) is 1.86. The summed E-state index contributed by atoms with van der Waals surface area (Å²) in [6, 6.07) is 16.0. The Morgan fingerprint density at radius 3 is 2.36 bits per heavy atom. The minimum absolute atomic E-state index is 0.261. The molecule has 0 amide bonds. The summed E-state index contributed by atoms with van der Waals surface area (Å²) in [5.41, 5.74) is 1.02. The molecule has 2 aromatic rings. The minimum Gasteiger partial charge on any atom is -0.492 e. The van der Waals surface area contributed by atoms with Crippen LogP contribution in [0.15, 0.2) is 48.5 Å². The molecule has 0 spiro atoms. The van der Waals surface area contributed by atoms with E-state index in [0.717, 1.165) is 76.8 Å². The van der Waals surface area contributed by atoms with Gasteiger partial charge in [0.1, 0.15) is 30.3 Å². The molecule has 0 unspecified atom stereocenters. The van der Waals surface area contributed by atoms with Crippen molar-refractivity contribution >= 4 is 11.6 Å². The van der Waals surface area contributed by atoms with E-state index in [-0.39, 0.29) is 5.60 Å². The number of halogens is 1. The molecule has 2 heterocycles. The fourth-order valence-corrected chi connectivity index (χ4v) is 4.59. The molecule has 2 aromatic carbocycles. The summed E-state index contributed by atoms with van der Waals surface area (Å²) in [6.45, 7) is 8.65. The highest BCUT2D eigenvalue weighted by Gasteiger charge is 2.35. The van der Waals surface area contributed by atoms with Gasteiger partial charge in [0.15, 0.2) is 0 Å². The third-order valence-electron chi connectivity index (χ3n) is 6.58. The molecule has 0 N–H and O–H groups in total. The Bertz CT molecular complexity index is 867. The van der Waals surface area contributed by atoms with Gasteiger partial charge in [-0.2, -0.15) is 0 Å². The number of piperidine rings is 1. The van der Waals surface area contributed by atoms with E-state index in [9.17, 15) is 0 Å². The molecule has 0 radical (unpaired) electrons. The van der Waals surface area contributed by atoms with Crippen molar-refractivity contribution in [2.75, 3.05) is 66.3 Å². The summed E-state index contributed by atoms with van der Waals surface area (Å²) >= 11 is 6.07. The standard InChI is InChI=1S/C26H35ClN2O4/c1-30-26(21-33-25-7-3-5-23(27)19-25)8-10-29(11-9-26)20-22-4-2-6-24(18-22)32-17-14-28-12-15-31-16-13-28/h2-7,18-19H,8-17,20-21H2,1H3. The molecule has 0 aliphatic carbocycles. The average Bonchev–Trinajstić information content (AvgIpc) is 2.85. The van der Waals surface area contributed by atoms with Gasteiger partial charge in [0, 0.05) is 51.4 Å². The van der Waals surface area contributed by atoms with Gasteiger partial charge in [-0.1, -0.05) is 29.8 Å². The van der Waals surface area contributed by atoms with Crippen LogP contribution in [0.3, 0.4) is 0 Å². The highest BCUT2D eigenvalue weighted by molar-refractivity contribution is 6.30. The smallest absolute Gasteiger partial charge is 0.120 e. The van der Waals surface area contributed by atoms with E-state index in [1.165, 1.54) is 5.56 Å². The molecule has 6 nitrogen and oxygen atoms in total. The normalized spacial score (nSPS) is 19.3. The van der Waals surface area contributed by atoms with Crippen LogP contribution in [0.5, 0.6) is 11.5 Å².